The molecule has 1 aromatic carbocycles. The molecule has 1 heterocycles. The second-order valence-electron chi connectivity index (χ2n) is 6.35. The summed E-state index contributed by atoms with van der Waals surface area (Å²) in [5.74, 6) is -0.940. The Kier molecular flexibility index (Phi) is 5.10. The fourth-order valence-electron chi connectivity index (χ4n) is 2.61. The van der Waals surface area contributed by atoms with E-state index in [4.69, 9.17) is 0 Å². The van der Waals surface area contributed by atoms with Crippen LogP contribution in [0, 0.1) is 0 Å². The van der Waals surface area contributed by atoms with E-state index in [0.717, 1.165) is 10.5 Å². The normalized spacial score (nSPS) is 19.8. The summed E-state index contributed by atoms with van der Waals surface area (Å²) in [5, 5.41) is 6.87. The van der Waals surface area contributed by atoms with E-state index in [2.05, 4.69) is 24.5 Å². The molecule has 0 bridgehead atoms. The van der Waals surface area contributed by atoms with Crippen LogP contribution in [0.25, 0.3) is 0 Å². The van der Waals surface area contributed by atoms with E-state index in [9.17, 15) is 19.2 Å². The van der Waals surface area contributed by atoms with Crippen LogP contribution in [0.1, 0.15) is 37.8 Å². The smallest absolute Gasteiger partial charge is 0.325 e. The van der Waals surface area contributed by atoms with Gasteiger partial charge in [-0.25, -0.2) is 9.59 Å². The molecule has 8 nitrogen and oxygen atoms in total. The Morgan fingerprint density at radius 2 is 1.80 bits per heavy atom. The van der Waals surface area contributed by atoms with E-state index in [1.165, 1.54) is 7.05 Å². The second-order valence-corrected chi connectivity index (χ2v) is 6.35. The maximum absolute atomic E-state index is 12.7. The maximum Gasteiger partial charge on any atom is 0.325 e. The molecule has 0 aromatic heterocycles. The third-order valence-electron chi connectivity index (χ3n) is 4.21. The SMILES string of the molecule is CNC(=O)NC(=O)CN1C(=O)N[C@](C)(c2ccc(C(C)C)cc2)C1=O. The molecule has 25 heavy (non-hydrogen) atoms. The molecule has 1 fully saturated rings. The largest absolute Gasteiger partial charge is 0.341 e. The van der Waals surface area contributed by atoms with E-state index in [-0.39, 0.29) is 0 Å². The van der Waals surface area contributed by atoms with Gasteiger partial charge in [-0.3, -0.25) is 19.8 Å². The Balaban J connectivity index is 2.18. The number of carbonyl (C=O) groups excluding carboxylic acids is 4. The molecule has 1 aliphatic rings. The standard InChI is InChI=1S/C17H22N4O4/c1-10(2)11-5-7-12(8-6-11)17(3)14(23)21(16(25)20-17)9-13(22)19-15(24)18-4/h5-8,10H,9H2,1-4H3,(H,20,25)(H2,18,19,22,24)/t17-/m1/s1. The molecule has 0 spiro atoms. The van der Waals surface area contributed by atoms with Crippen LogP contribution in [-0.2, 0) is 15.1 Å². The Morgan fingerprint density at radius 3 is 2.32 bits per heavy atom. The van der Waals surface area contributed by atoms with Crippen molar-refractivity contribution in [1.82, 2.24) is 20.9 Å². The Morgan fingerprint density at radius 1 is 1.20 bits per heavy atom. The molecule has 134 valence electrons. The highest BCUT2D eigenvalue weighted by molar-refractivity contribution is 6.10. The molecular formula is C17H22N4O4. The van der Waals surface area contributed by atoms with Gasteiger partial charge in [-0.2, -0.15) is 0 Å². The molecule has 8 heteroatoms. The zero-order valence-corrected chi connectivity index (χ0v) is 14.7. The zero-order chi connectivity index (χ0) is 18.8. The molecule has 1 saturated heterocycles. The first-order valence-electron chi connectivity index (χ1n) is 7.95. The number of hydrogen-bond donors (Lipinski definition) is 3. The van der Waals surface area contributed by atoms with Crippen molar-refractivity contribution in [2.75, 3.05) is 13.6 Å². The highest BCUT2D eigenvalue weighted by Gasteiger charge is 2.49. The fourth-order valence-corrected chi connectivity index (χ4v) is 2.61. The van der Waals surface area contributed by atoms with Gasteiger partial charge in [0.2, 0.25) is 5.91 Å². The number of benzene rings is 1. The van der Waals surface area contributed by atoms with Gasteiger partial charge >= 0.3 is 12.1 Å². The minimum absolute atomic E-state index is 0.348. The predicted octanol–water partition coefficient (Wildman–Crippen LogP) is 1.03. The summed E-state index contributed by atoms with van der Waals surface area (Å²) in [4.78, 5) is 48.6. The topological polar surface area (TPSA) is 108 Å². The van der Waals surface area contributed by atoms with Crippen LogP contribution < -0.4 is 16.0 Å². The van der Waals surface area contributed by atoms with Crippen LogP contribution in [0.3, 0.4) is 0 Å². The van der Waals surface area contributed by atoms with Crippen molar-refractivity contribution in [2.24, 2.45) is 0 Å². The van der Waals surface area contributed by atoms with Crippen molar-refractivity contribution in [2.45, 2.75) is 32.2 Å². The molecule has 1 aliphatic heterocycles. The quantitative estimate of drug-likeness (QED) is 0.708. The molecule has 1 aromatic rings. The first-order valence-corrected chi connectivity index (χ1v) is 7.95. The van der Waals surface area contributed by atoms with Crippen molar-refractivity contribution in [3.8, 4) is 0 Å². The van der Waals surface area contributed by atoms with E-state index in [1.54, 1.807) is 19.1 Å². The summed E-state index contributed by atoms with van der Waals surface area (Å²) in [7, 11) is 1.36. The van der Waals surface area contributed by atoms with Gasteiger partial charge in [0.25, 0.3) is 5.91 Å². The number of urea groups is 2. The van der Waals surface area contributed by atoms with Gasteiger partial charge in [-0.1, -0.05) is 38.1 Å². The lowest BCUT2D eigenvalue weighted by Crippen LogP contribution is -2.46. The average Bonchev–Trinajstić information content (AvgIpc) is 2.79. The zero-order valence-electron chi connectivity index (χ0n) is 14.7. The average molecular weight is 346 g/mol. The first-order chi connectivity index (χ1) is 11.7. The van der Waals surface area contributed by atoms with Crippen LogP contribution >= 0.6 is 0 Å². The minimum Gasteiger partial charge on any atom is -0.341 e. The maximum atomic E-state index is 12.7. The van der Waals surface area contributed by atoms with Crippen LogP contribution in [0.2, 0.25) is 0 Å². The van der Waals surface area contributed by atoms with Crippen molar-refractivity contribution in [1.29, 1.82) is 0 Å². The van der Waals surface area contributed by atoms with Crippen molar-refractivity contribution < 1.29 is 19.2 Å². The van der Waals surface area contributed by atoms with Gasteiger partial charge in [0.1, 0.15) is 12.1 Å². The minimum atomic E-state index is -1.25. The molecule has 0 aliphatic carbocycles. The summed E-state index contributed by atoms with van der Waals surface area (Å²) in [6.07, 6.45) is 0. The lowest BCUT2D eigenvalue weighted by Gasteiger charge is -2.22. The number of nitrogens with zero attached hydrogens (tertiary/aromatic N) is 1. The number of rotatable bonds is 4. The summed E-state index contributed by atoms with van der Waals surface area (Å²) in [6.45, 7) is 5.18. The monoisotopic (exact) mass is 346 g/mol. The van der Waals surface area contributed by atoms with Gasteiger partial charge in [0.15, 0.2) is 0 Å². The Labute approximate surface area is 145 Å². The second kappa shape index (κ2) is 6.92. The first kappa shape index (κ1) is 18.4. The van der Waals surface area contributed by atoms with Gasteiger partial charge in [-0.15, -0.1) is 0 Å². The van der Waals surface area contributed by atoms with Crippen LogP contribution in [0.4, 0.5) is 9.59 Å². The van der Waals surface area contributed by atoms with E-state index < -0.39 is 36.0 Å². The van der Waals surface area contributed by atoms with Gasteiger partial charge in [-0.05, 0) is 24.0 Å². The molecule has 6 amide bonds. The van der Waals surface area contributed by atoms with E-state index in [0.29, 0.717) is 11.5 Å². The third-order valence-corrected chi connectivity index (χ3v) is 4.21. The number of hydrogen-bond acceptors (Lipinski definition) is 4. The van der Waals surface area contributed by atoms with Crippen LogP contribution in [0.5, 0.6) is 0 Å². The van der Waals surface area contributed by atoms with E-state index >= 15 is 0 Å². The Hall–Kier alpha value is -2.90. The van der Waals surface area contributed by atoms with E-state index in [1.807, 2.05) is 17.4 Å². The third kappa shape index (κ3) is 3.62. The number of imide groups is 2. The van der Waals surface area contributed by atoms with Gasteiger partial charge in [0, 0.05) is 7.05 Å². The molecule has 1 atom stereocenters. The summed E-state index contributed by atoms with van der Waals surface area (Å²) >= 11 is 0. The van der Waals surface area contributed by atoms with Crippen LogP contribution in [0.15, 0.2) is 24.3 Å². The summed E-state index contributed by atoms with van der Waals surface area (Å²) in [5.41, 5.74) is 0.496. The molecular weight excluding hydrogens is 324 g/mol. The molecule has 0 radical (unpaired) electrons. The predicted molar refractivity (Wildman–Crippen MR) is 90.7 cm³/mol. The van der Waals surface area contributed by atoms with Crippen molar-refractivity contribution >= 4 is 23.9 Å². The summed E-state index contributed by atoms with van der Waals surface area (Å²) < 4.78 is 0. The van der Waals surface area contributed by atoms with Crippen LogP contribution in [-0.4, -0.2) is 42.4 Å². The van der Waals surface area contributed by atoms with Crippen molar-refractivity contribution in [3.63, 3.8) is 0 Å². The Bertz CT molecular complexity index is 714. The number of amides is 6. The molecule has 0 unspecified atom stereocenters. The lowest BCUT2D eigenvalue weighted by molar-refractivity contribution is -0.134. The lowest BCUT2D eigenvalue weighted by atomic mass is 9.90. The number of nitrogens with one attached hydrogen (secondary N) is 3. The summed E-state index contributed by atoms with van der Waals surface area (Å²) in [6, 6.07) is 6.03. The molecule has 0 saturated carbocycles. The highest BCUT2D eigenvalue weighted by atomic mass is 16.2. The van der Waals surface area contributed by atoms with Gasteiger partial charge < -0.3 is 10.6 Å². The van der Waals surface area contributed by atoms with Gasteiger partial charge in [0.05, 0.1) is 0 Å². The molecule has 3 N–H and O–H groups in total. The molecule has 2 rings (SSSR count). The fraction of sp³-hybridized carbons (Fsp3) is 0.412. The van der Waals surface area contributed by atoms with Crippen molar-refractivity contribution in [3.05, 3.63) is 35.4 Å². The highest BCUT2D eigenvalue weighted by Crippen LogP contribution is 2.29. The number of carbonyl (C=O) groups is 4.